The van der Waals surface area contributed by atoms with E-state index >= 15 is 0 Å². The van der Waals surface area contributed by atoms with Crippen molar-refractivity contribution in [2.75, 3.05) is 19.6 Å². The molecule has 18 heavy (non-hydrogen) atoms. The van der Waals surface area contributed by atoms with E-state index in [2.05, 4.69) is 29.4 Å². The van der Waals surface area contributed by atoms with E-state index in [0.717, 1.165) is 19.6 Å². The van der Waals surface area contributed by atoms with Crippen molar-refractivity contribution in [3.8, 4) is 0 Å². The van der Waals surface area contributed by atoms with Crippen LogP contribution < -0.4 is 10.6 Å². The van der Waals surface area contributed by atoms with Crippen molar-refractivity contribution >= 4 is 5.91 Å². The first kappa shape index (κ1) is 13.8. The molecule has 0 aromatic heterocycles. The second-order valence-electron chi connectivity index (χ2n) is 5.65. The predicted octanol–water partition coefficient (Wildman–Crippen LogP) is 1.12. The summed E-state index contributed by atoms with van der Waals surface area (Å²) in [5.74, 6) is 0.223. The predicted molar refractivity (Wildman–Crippen MR) is 73.5 cm³/mol. The van der Waals surface area contributed by atoms with Gasteiger partial charge in [-0.05, 0) is 45.7 Å². The molecule has 1 aliphatic carbocycles. The largest absolute Gasteiger partial charge is 0.352 e. The number of carbonyl (C=O) groups is 1. The highest BCUT2D eigenvalue weighted by Gasteiger charge is 2.32. The van der Waals surface area contributed by atoms with Gasteiger partial charge in [0.15, 0.2) is 0 Å². The Morgan fingerprint density at radius 2 is 2.11 bits per heavy atom. The molecule has 0 radical (unpaired) electrons. The molecule has 1 aliphatic heterocycles. The lowest BCUT2D eigenvalue weighted by Gasteiger charge is -2.39. The van der Waals surface area contributed by atoms with Crippen LogP contribution in [0.25, 0.3) is 0 Å². The van der Waals surface area contributed by atoms with Gasteiger partial charge in [-0.3, -0.25) is 9.69 Å². The number of nitrogens with zero attached hydrogens (tertiary/aromatic N) is 1. The van der Waals surface area contributed by atoms with Crippen LogP contribution in [0.1, 0.15) is 46.0 Å². The van der Waals surface area contributed by atoms with Gasteiger partial charge < -0.3 is 10.6 Å². The highest BCUT2D eigenvalue weighted by molar-refractivity contribution is 5.81. The Balaban J connectivity index is 1.87. The van der Waals surface area contributed by atoms with Crippen molar-refractivity contribution in [3.63, 3.8) is 0 Å². The molecule has 2 fully saturated rings. The number of hydrogen-bond donors (Lipinski definition) is 2. The van der Waals surface area contributed by atoms with E-state index in [1.165, 1.54) is 32.1 Å². The first-order valence-electron chi connectivity index (χ1n) is 7.49. The number of carbonyl (C=O) groups excluding carboxylic acids is 1. The maximum atomic E-state index is 12.1. The van der Waals surface area contributed by atoms with E-state index in [0.29, 0.717) is 12.1 Å². The molecule has 2 aliphatic rings. The zero-order valence-corrected chi connectivity index (χ0v) is 11.7. The molecular weight excluding hydrogens is 226 g/mol. The van der Waals surface area contributed by atoms with Gasteiger partial charge in [0.25, 0.3) is 0 Å². The van der Waals surface area contributed by atoms with E-state index in [1.54, 1.807) is 0 Å². The highest BCUT2D eigenvalue weighted by atomic mass is 16.2. The monoisotopic (exact) mass is 253 g/mol. The molecule has 104 valence electrons. The topological polar surface area (TPSA) is 44.4 Å². The lowest BCUT2D eigenvalue weighted by atomic mass is 9.99. The Morgan fingerprint density at radius 3 is 2.78 bits per heavy atom. The molecular formula is C14H27N3O. The summed E-state index contributed by atoms with van der Waals surface area (Å²) in [5, 5.41) is 6.55. The summed E-state index contributed by atoms with van der Waals surface area (Å²) < 4.78 is 0. The fourth-order valence-corrected chi connectivity index (χ4v) is 2.76. The van der Waals surface area contributed by atoms with Crippen LogP contribution in [-0.2, 0) is 4.79 Å². The zero-order valence-electron chi connectivity index (χ0n) is 11.7. The van der Waals surface area contributed by atoms with Crippen LogP contribution in [0.15, 0.2) is 0 Å². The molecule has 0 aromatic rings. The minimum Gasteiger partial charge on any atom is -0.352 e. The summed E-state index contributed by atoms with van der Waals surface area (Å²) in [6.45, 7) is 7.28. The molecule has 1 amide bonds. The van der Waals surface area contributed by atoms with Crippen molar-refractivity contribution in [1.29, 1.82) is 0 Å². The van der Waals surface area contributed by atoms with Crippen LogP contribution in [0.5, 0.6) is 0 Å². The molecule has 0 bridgehead atoms. The van der Waals surface area contributed by atoms with Gasteiger partial charge in [0.1, 0.15) is 0 Å². The van der Waals surface area contributed by atoms with Crippen LogP contribution in [0, 0.1) is 0 Å². The SMILES string of the molecule is CCNCC1CCCCN1C(C)C(=O)NC1CC1. The van der Waals surface area contributed by atoms with Gasteiger partial charge in [0, 0.05) is 18.6 Å². The van der Waals surface area contributed by atoms with E-state index in [4.69, 9.17) is 0 Å². The number of nitrogens with one attached hydrogen (secondary N) is 2. The van der Waals surface area contributed by atoms with E-state index in [1.807, 2.05) is 0 Å². The Labute approximate surface area is 110 Å². The van der Waals surface area contributed by atoms with Crippen molar-refractivity contribution in [3.05, 3.63) is 0 Å². The van der Waals surface area contributed by atoms with Gasteiger partial charge in [0.2, 0.25) is 5.91 Å². The summed E-state index contributed by atoms with van der Waals surface area (Å²) in [6.07, 6.45) is 6.07. The van der Waals surface area contributed by atoms with Crippen LogP contribution >= 0.6 is 0 Å². The molecule has 2 atom stereocenters. The molecule has 2 unspecified atom stereocenters. The minimum absolute atomic E-state index is 0.0227. The van der Waals surface area contributed by atoms with Gasteiger partial charge in [-0.15, -0.1) is 0 Å². The fourth-order valence-electron chi connectivity index (χ4n) is 2.76. The van der Waals surface area contributed by atoms with Gasteiger partial charge >= 0.3 is 0 Å². The quantitative estimate of drug-likeness (QED) is 0.745. The maximum Gasteiger partial charge on any atom is 0.237 e. The molecule has 4 heteroatoms. The number of likely N-dealkylation sites (N-methyl/N-ethyl adjacent to an activating group) is 1. The molecule has 1 saturated carbocycles. The van der Waals surface area contributed by atoms with Crippen molar-refractivity contribution in [1.82, 2.24) is 15.5 Å². The van der Waals surface area contributed by atoms with Crippen molar-refractivity contribution in [2.45, 2.75) is 64.1 Å². The first-order chi connectivity index (χ1) is 8.72. The Morgan fingerprint density at radius 1 is 1.33 bits per heavy atom. The van der Waals surface area contributed by atoms with Gasteiger partial charge in [-0.1, -0.05) is 13.3 Å². The lowest BCUT2D eigenvalue weighted by molar-refractivity contribution is -0.127. The second kappa shape index (κ2) is 6.53. The first-order valence-corrected chi connectivity index (χ1v) is 7.49. The molecule has 0 aromatic carbocycles. The summed E-state index contributed by atoms with van der Waals surface area (Å²) >= 11 is 0. The Hall–Kier alpha value is -0.610. The molecule has 2 rings (SSSR count). The summed E-state index contributed by atoms with van der Waals surface area (Å²) in [4.78, 5) is 14.5. The fraction of sp³-hybridized carbons (Fsp3) is 0.929. The lowest BCUT2D eigenvalue weighted by Crippen LogP contribution is -2.54. The Bertz CT molecular complexity index is 278. The number of hydrogen-bond acceptors (Lipinski definition) is 3. The maximum absolute atomic E-state index is 12.1. The third kappa shape index (κ3) is 3.69. The summed E-state index contributed by atoms with van der Waals surface area (Å²) in [7, 11) is 0. The van der Waals surface area contributed by atoms with Crippen LogP contribution in [0.3, 0.4) is 0 Å². The van der Waals surface area contributed by atoms with Crippen molar-refractivity contribution in [2.24, 2.45) is 0 Å². The number of piperidine rings is 1. The second-order valence-corrected chi connectivity index (χ2v) is 5.65. The Kier molecular flexibility index (Phi) is 5.01. The third-order valence-electron chi connectivity index (χ3n) is 4.10. The molecule has 1 heterocycles. The van der Waals surface area contributed by atoms with E-state index in [-0.39, 0.29) is 11.9 Å². The normalized spacial score (nSPS) is 26.9. The molecule has 4 nitrogen and oxygen atoms in total. The van der Waals surface area contributed by atoms with E-state index < -0.39 is 0 Å². The van der Waals surface area contributed by atoms with Gasteiger partial charge in [-0.2, -0.15) is 0 Å². The van der Waals surface area contributed by atoms with Gasteiger partial charge in [0.05, 0.1) is 6.04 Å². The molecule has 2 N–H and O–H groups in total. The minimum atomic E-state index is 0.0227. The summed E-state index contributed by atoms with van der Waals surface area (Å²) in [5.41, 5.74) is 0. The average molecular weight is 253 g/mol. The average Bonchev–Trinajstić information content (AvgIpc) is 3.19. The smallest absolute Gasteiger partial charge is 0.237 e. The van der Waals surface area contributed by atoms with Gasteiger partial charge in [-0.25, -0.2) is 0 Å². The molecule has 1 saturated heterocycles. The van der Waals surface area contributed by atoms with Crippen LogP contribution in [0.2, 0.25) is 0 Å². The third-order valence-corrected chi connectivity index (χ3v) is 4.10. The zero-order chi connectivity index (χ0) is 13.0. The van der Waals surface area contributed by atoms with E-state index in [9.17, 15) is 4.79 Å². The molecule has 0 spiro atoms. The number of likely N-dealkylation sites (tertiary alicyclic amines) is 1. The number of rotatable bonds is 6. The summed E-state index contributed by atoms with van der Waals surface area (Å²) in [6, 6.07) is 1.02. The highest BCUT2D eigenvalue weighted by Crippen LogP contribution is 2.22. The van der Waals surface area contributed by atoms with Crippen molar-refractivity contribution < 1.29 is 4.79 Å². The number of amides is 1. The van der Waals surface area contributed by atoms with Crippen LogP contribution in [-0.4, -0.2) is 48.6 Å². The standard InChI is InChI=1S/C14H27N3O/c1-3-15-10-13-6-4-5-9-17(13)11(2)14(18)16-12-7-8-12/h11-13,15H,3-10H2,1-2H3,(H,16,18). The van der Waals surface area contributed by atoms with Crippen LogP contribution in [0.4, 0.5) is 0 Å².